The number of aromatic nitrogens is 1. The van der Waals surface area contributed by atoms with E-state index in [1.54, 1.807) is 0 Å². The molecule has 0 spiro atoms. The fraction of sp³-hybridized carbons (Fsp3) is 0.429. The molecule has 0 bridgehead atoms. The van der Waals surface area contributed by atoms with Crippen molar-refractivity contribution in [2.24, 2.45) is 0 Å². The van der Waals surface area contributed by atoms with Crippen LogP contribution in [0.5, 0.6) is 0 Å². The molecule has 0 saturated carbocycles. The molecule has 0 aliphatic heterocycles. The Morgan fingerprint density at radius 3 is 2.83 bits per heavy atom. The summed E-state index contributed by atoms with van der Waals surface area (Å²) in [6, 6.07) is 0. The summed E-state index contributed by atoms with van der Waals surface area (Å²) in [7, 11) is 6.82. The van der Waals surface area contributed by atoms with Crippen molar-refractivity contribution in [1.82, 2.24) is 4.98 Å². The van der Waals surface area contributed by atoms with Gasteiger partial charge in [0.2, 0.25) is 0 Å². The van der Waals surface area contributed by atoms with Gasteiger partial charge in [-0.3, -0.25) is 4.98 Å². The summed E-state index contributed by atoms with van der Waals surface area (Å²) in [5, 5.41) is 0.855. The van der Waals surface area contributed by atoms with Crippen molar-refractivity contribution in [2.75, 3.05) is 7.11 Å². The molecule has 0 unspecified atom stereocenters. The van der Waals surface area contributed by atoms with E-state index in [0.29, 0.717) is 4.88 Å². The van der Waals surface area contributed by atoms with E-state index in [0.717, 1.165) is 11.4 Å². The van der Waals surface area contributed by atoms with Crippen LogP contribution in [0.15, 0.2) is 0 Å². The minimum atomic E-state index is -0.412. The maximum absolute atomic E-state index is 11.0. The maximum Gasteiger partial charge on any atom is 0.349 e. The predicted octanol–water partition coefficient (Wildman–Crippen LogP) is 0.286. The van der Waals surface area contributed by atoms with Crippen LogP contribution < -0.4 is 5.59 Å². The van der Waals surface area contributed by atoms with E-state index in [1.165, 1.54) is 18.4 Å². The summed E-state index contributed by atoms with van der Waals surface area (Å²) in [5.74, 6) is -0.412. The zero-order valence-electron chi connectivity index (χ0n) is 6.96. The molecule has 0 aliphatic rings. The third-order valence-corrected chi connectivity index (χ3v) is 2.57. The van der Waals surface area contributed by atoms with Crippen molar-refractivity contribution < 1.29 is 9.53 Å². The van der Waals surface area contributed by atoms with Crippen LogP contribution in [0.2, 0.25) is 0 Å². The number of thiazole rings is 1. The zero-order chi connectivity index (χ0) is 9.14. The number of esters is 1. The van der Waals surface area contributed by atoms with Gasteiger partial charge in [0.1, 0.15) is 12.7 Å². The highest BCUT2D eigenvalue weighted by Gasteiger charge is 2.13. The molecule has 0 amide bonds. The Morgan fingerprint density at radius 2 is 2.42 bits per heavy atom. The summed E-state index contributed by atoms with van der Waals surface area (Å²) in [5.41, 5.74) is 0.267. The Hall–Kier alpha value is -0.835. The number of rotatable bonds is 2. The maximum atomic E-state index is 11.0. The lowest BCUT2D eigenvalue weighted by atomic mass is 10.0. The lowest BCUT2D eigenvalue weighted by Crippen LogP contribution is -2.14. The summed E-state index contributed by atoms with van der Waals surface area (Å²) in [6.45, 7) is 1.96. The SMILES string of the molecule is [B]c1nc(CC)sc1C(=O)OC. The van der Waals surface area contributed by atoms with Crippen molar-refractivity contribution in [1.29, 1.82) is 0 Å². The van der Waals surface area contributed by atoms with Gasteiger partial charge >= 0.3 is 5.97 Å². The van der Waals surface area contributed by atoms with Crippen LogP contribution in [0.1, 0.15) is 21.6 Å². The van der Waals surface area contributed by atoms with E-state index in [-0.39, 0.29) is 5.59 Å². The van der Waals surface area contributed by atoms with Crippen molar-refractivity contribution in [3.05, 3.63) is 9.88 Å². The molecule has 62 valence electrons. The Bertz CT molecular complexity index is 298. The van der Waals surface area contributed by atoms with Crippen molar-refractivity contribution in [2.45, 2.75) is 13.3 Å². The topological polar surface area (TPSA) is 39.2 Å². The molecule has 0 N–H and O–H groups in total. The fourth-order valence-electron chi connectivity index (χ4n) is 0.768. The van der Waals surface area contributed by atoms with Gasteiger partial charge in [-0.1, -0.05) is 6.92 Å². The van der Waals surface area contributed by atoms with Crippen LogP contribution >= 0.6 is 11.3 Å². The molecule has 5 heteroatoms. The second-order valence-electron chi connectivity index (χ2n) is 2.17. The first-order valence-corrected chi connectivity index (χ1v) is 4.34. The molecule has 0 saturated heterocycles. The Morgan fingerprint density at radius 1 is 1.75 bits per heavy atom. The van der Waals surface area contributed by atoms with Crippen molar-refractivity contribution in [3.8, 4) is 0 Å². The van der Waals surface area contributed by atoms with E-state index in [4.69, 9.17) is 7.85 Å². The lowest BCUT2D eigenvalue weighted by Gasteiger charge is -1.93. The average molecular weight is 181 g/mol. The van der Waals surface area contributed by atoms with E-state index in [2.05, 4.69) is 9.72 Å². The Labute approximate surface area is 76.2 Å². The van der Waals surface area contributed by atoms with Gasteiger partial charge in [0.05, 0.1) is 12.1 Å². The van der Waals surface area contributed by atoms with Gasteiger partial charge in [-0.15, -0.1) is 11.3 Å². The van der Waals surface area contributed by atoms with Gasteiger partial charge in [-0.2, -0.15) is 0 Å². The minimum absolute atomic E-state index is 0.267. The number of nitrogens with zero attached hydrogens (tertiary/aromatic N) is 1. The monoisotopic (exact) mass is 181 g/mol. The number of carbonyl (C=O) groups is 1. The molecular weight excluding hydrogens is 173 g/mol. The molecule has 1 heterocycles. The lowest BCUT2D eigenvalue weighted by molar-refractivity contribution is 0.0607. The minimum Gasteiger partial charge on any atom is -0.465 e. The molecule has 0 fully saturated rings. The summed E-state index contributed by atoms with van der Waals surface area (Å²) >= 11 is 1.28. The second kappa shape index (κ2) is 3.71. The summed E-state index contributed by atoms with van der Waals surface area (Å²) in [6.07, 6.45) is 0.784. The van der Waals surface area contributed by atoms with E-state index in [9.17, 15) is 4.79 Å². The van der Waals surface area contributed by atoms with E-state index in [1.807, 2.05) is 6.92 Å². The molecule has 0 aliphatic carbocycles. The quantitative estimate of drug-likeness (QED) is 0.486. The van der Waals surface area contributed by atoms with Gasteiger partial charge in [-0.25, -0.2) is 4.79 Å². The third-order valence-electron chi connectivity index (χ3n) is 1.37. The molecule has 1 rings (SSSR count). The van der Waals surface area contributed by atoms with Crippen molar-refractivity contribution >= 4 is 30.7 Å². The molecule has 0 atom stereocenters. The molecule has 1 aromatic rings. The molecule has 0 aromatic carbocycles. The Balaban J connectivity index is 2.99. The molecule has 12 heavy (non-hydrogen) atoms. The van der Waals surface area contributed by atoms with Crippen LogP contribution in [0.4, 0.5) is 0 Å². The molecule has 1 aromatic heterocycles. The average Bonchev–Trinajstić information content (AvgIpc) is 2.45. The van der Waals surface area contributed by atoms with Crippen LogP contribution in [0.3, 0.4) is 0 Å². The summed E-state index contributed by atoms with van der Waals surface area (Å²) in [4.78, 5) is 15.4. The highest BCUT2D eigenvalue weighted by Crippen LogP contribution is 2.11. The third kappa shape index (κ3) is 1.66. The highest BCUT2D eigenvalue weighted by molar-refractivity contribution is 7.14. The van der Waals surface area contributed by atoms with Crippen LogP contribution in [0.25, 0.3) is 0 Å². The zero-order valence-corrected chi connectivity index (χ0v) is 7.77. The predicted molar refractivity (Wildman–Crippen MR) is 48.2 cm³/mol. The van der Waals surface area contributed by atoms with Crippen molar-refractivity contribution in [3.63, 3.8) is 0 Å². The number of carbonyl (C=O) groups excluding carboxylic acids is 1. The van der Waals surface area contributed by atoms with Gasteiger partial charge in [-0.05, 0) is 6.42 Å². The molecule has 2 radical (unpaired) electrons. The number of aryl methyl sites for hydroxylation is 1. The number of ether oxygens (including phenoxy) is 1. The Kier molecular flexibility index (Phi) is 2.86. The number of hydrogen-bond acceptors (Lipinski definition) is 4. The first-order valence-electron chi connectivity index (χ1n) is 3.52. The van der Waals surface area contributed by atoms with Gasteiger partial charge in [0.25, 0.3) is 0 Å². The van der Waals surface area contributed by atoms with E-state index < -0.39 is 5.97 Å². The number of methoxy groups -OCH3 is 1. The molecular formula is C7H8BNO2S. The first-order chi connectivity index (χ1) is 5.69. The standard InChI is InChI=1S/C7H8BNO2S/c1-3-4-9-6(8)5(12-4)7(10)11-2/h3H2,1-2H3. The fourth-order valence-corrected chi connectivity index (χ4v) is 1.61. The first kappa shape index (κ1) is 9.25. The van der Waals surface area contributed by atoms with E-state index >= 15 is 0 Å². The van der Waals surface area contributed by atoms with Gasteiger partial charge in [0.15, 0.2) is 0 Å². The van der Waals surface area contributed by atoms with Gasteiger partial charge < -0.3 is 4.74 Å². The van der Waals surface area contributed by atoms with Gasteiger partial charge in [0, 0.05) is 5.59 Å². The van der Waals surface area contributed by atoms with Crippen LogP contribution in [0, 0.1) is 0 Å². The number of hydrogen-bond donors (Lipinski definition) is 0. The molecule has 3 nitrogen and oxygen atoms in total. The smallest absolute Gasteiger partial charge is 0.349 e. The normalized spacial score (nSPS) is 9.83. The highest BCUT2D eigenvalue weighted by atomic mass is 32.1. The largest absolute Gasteiger partial charge is 0.465 e. The second-order valence-corrected chi connectivity index (χ2v) is 3.25. The van der Waals surface area contributed by atoms with Crippen LogP contribution in [-0.4, -0.2) is 25.9 Å². The van der Waals surface area contributed by atoms with Crippen LogP contribution in [-0.2, 0) is 11.2 Å². The summed E-state index contributed by atoms with van der Waals surface area (Å²) < 4.78 is 4.53.